The molecule has 1 rings (SSSR count). The summed E-state index contributed by atoms with van der Waals surface area (Å²) < 4.78 is 69.4. The first-order valence-electron chi connectivity index (χ1n) is 2.64. The predicted molar refractivity (Wildman–Crippen MR) is 47.1 cm³/mol. The molecule has 0 radical (unpaired) electrons. The SMILES string of the molecule is CSP1(F)=NP(F)(F)=NP(F)(F)=N1. The molecule has 0 aromatic rings. The third kappa shape index (κ3) is 3.08. The van der Waals surface area contributed by atoms with E-state index in [1.807, 2.05) is 4.52 Å². The molecule has 1 aliphatic heterocycles. The summed E-state index contributed by atoms with van der Waals surface area (Å²) in [5.74, 6) is 0. The Hall–Kier alpha value is 0.690. The van der Waals surface area contributed by atoms with Crippen molar-refractivity contribution in [1.29, 1.82) is 0 Å². The second-order valence-electron chi connectivity index (χ2n) is 1.84. The molecule has 0 bridgehead atoms. The van der Waals surface area contributed by atoms with Crippen LogP contribution in [0.1, 0.15) is 0 Å². The maximum absolute atomic E-state index is 13.1. The lowest BCUT2D eigenvalue weighted by atomic mass is 12.0. The van der Waals surface area contributed by atoms with E-state index >= 15 is 0 Å². The summed E-state index contributed by atoms with van der Waals surface area (Å²) in [4.78, 5) is 0. The van der Waals surface area contributed by atoms with E-state index in [2.05, 4.69) is 9.03 Å². The normalized spacial score (nSPS) is 35.5. The monoisotopic (exact) mass is 277 g/mol. The van der Waals surface area contributed by atoms with Crippen LogP contribution in [-0.4, -0.2) is 6.26 Å². The second kappa shape index (κ2) is 3.37. The van der Waals surface area contributed by atoms with Crippen LogP contribution < -0.4 is 0 Å². The molecule has 0 spiro atoms. The molecule has 13 heavy (non-hydrogen) atoms. The first-order chi connectivity index (χ1) is 5.68. The molecule has 78 valence electrons. The minimum atomic E-state index is -5.49. The Morgan fingerprint density at radius 2 is 1.31 bits per heavy atom. The maximum Gasteiger partial charge on any atom is 0.424 e. The highest BCUT2D eigenvalue weighted by Crippen LogP contribution is 2.84. The topological polar surface area (TPSA) is 37.1 Å². The minimum Gasteiger partial charge on any atom is -0.171 e. The maximum atomic E-state index is 13.1. The molecule has 0 saturated heterocycles. The Morgan fingerprint density at radius 1 is 0.846 bits per heavy atom. The quantitative estimate of drug-likeness (QED) is 0.424. The van der Waals surface area contributed by atoms with Crippen molar-refractivity contribution in [2.75, 3.05) is 6.26 Å². The molecule has 0 aromatic heterocycles. The van der Waals surface area contributed by atoms with E-state index in [0.29, 0.717) is 0 Å². The zero-order valence-electron chi connectivity index (χ0n) is 5.98. The highest BCUT2D eigenvalue weighted by molar-refractivity contribution is 8.57. The van der Waals surface area contributed by atoms with Crippen LogP contribution in [0.3, 0.4) is 0 Å². The summed E-state index contributed by atoms with van der Waals surface area (Å²) in [5, 5.41) is 0. The standard InChI is InChI=1S/CH3F5N3P3S/c1-13-12(6)8-10(2,3)7-11(4,5)9-12/h1H3. The Morgan fingerprint density at radius 3 is 1.69 bits per heavy atom. The number of hydrogen-bond acceptors (Lipinski definition) is 4. The van der Waals surface area contributed by atoms with Crippen molar-refractivity contribution in [2.24, 2.45) is 13.5 Å². The zero-order chi connectivity index (χ0) is 10.3. The van der Waals surface area contributed by atoms with Crippen molar-refractivity contribution >= 4 is 33.8 Å². The molecule has 3 nitrogen and oxygen atoms in total. The summed E-state index contributed by atoms with van der Waals surface area (Å²) in [6.07, 6.45) is 1.08. The van der Waals surface area contributed by atoms with Gasteiger partial charge in [-0.15, -0.1) is 30.3 Å². The Labute approximate surface area is 75.2 Å². The zero-order valence-corrected chi connectivity index (χ0v) is 9.48. The van der Waals surface area contributed by atoms with Gasteiger partial charge in [-0.25, -0.2) is 0 Å². The third-order valence-corrected chi connectivity index (χ3v) is 9.27. The fourth-order valence-electron chi connectivity index (χ4n) is 0.522. The highest BCUT2D eigenvalue weighted by atomic mass is 32.7. The van der Waals surface area contributed by atoms with Gasteiger partial charge in [-0.3, -0.25) is 0 Å². The number of hydrogen-bond donors (Lipinski definition) is 0. The molecule has 1 aliphatic rings. The first kappa shape index (κ1) is 11.8. The fourth-order valence-corrected chi connectivity index (χ4v) is 8.56. The summed E-state index contributed by atoms with van der Waals surface area (Å²) in [6.45, 7) is -4.42. The lowest BCUT2D eigenvalue weighted by Gasteiger charge is -2.13. The molecule has 1 unspecified atom stereocenters. The molecular formula is CH3F5N3P3S. The molecule has 12 heteroatoms. The van der Waals surface area contributed by atoms with Gasteiger partial charge in [0.15, 0.2) is 0 Å². The van der Waals surface area contributed by atoms with Crippen molar-refractivity contribution in [3.05, 3.63) is 0 Å². The largest absolute Gasteiger partial charge is 0.424 e. The van der Waals surface area contributed by atoms with E-state index in [1.165, 1.54) is 0 Å². The average molecular weight is 277 g/mol. The Kier molecular flexibility index (Phi) is 3.05. The summed E-state index contributed by atoms with van der Waals surface area (Å²) in [7, 11) is -11.0. The number of rotatable bonds is 1. The minimum absolute atomic E-state index is 0.199. The number of halogens is 5. The van der Waals surface area contributed by atoms with E-state index in [9.17, 15) is 21.0 Å². The second-order valence-corrected chi connectivity index (χ2v) is 9.60. The van der Waals surface area contributed by atoms with Gasteiger partial charge in [0, 0.05) is 0 Å². The average Bonchev–Trinajstić information content (AvgIpc) is 1.79. The molecule has 0 saturated carbocycles. The number of nitrogens with zero attached hydrogens (tertiary/aromatic N) is 3. The van der Waals surface area contributed by atoms with E-state index in [4.69, 9.17) is 0 Å². The van der Waals surface area contributed by atoms with Gasteiger partial charge in [0.2, 0.25) is 0 Å². The van der Waals surface area contributed by atoms with Crippen molar-refractivity contribution in [1.82, 2.24) is 0 Å². The molecule has 0 aliphatic carbocycles. The van der Waals surface area contributed by atoms with Gasteiger partial charge in [0.05, 0.1) is 0 Å². The summed E-state index contributed by atoms with van der Waals surface area (Å²) in [5.41, 5.74) is 0. The lowest BCUT2D eigenvalue weighted by Crippen LogP contribution is -1.69. The smallest absolute Gasteiger partial charge is 0.171 e. The van der Waals surface area contributed by atoms with Gasteiger partial charge in [-0.1, -0.05) is 11.4 Å². The highest BCUT2D eigenvalue weighted by Gasteiger charge is 2.38. The van der Waals surface area contributed by atoms with Crippen molar-refractivity contribution in [3.8, 4) is 0 Å². The van der Waals surface area contributed by atoms with Gasteiger partial charge in [-0.2, -0.15) is 4.20 Å². The van der Waals surface area contributed by atoms with Gasteiger partial charge in [0.1, 0.15) is 0 Å². The molecular weight excluding hydrogens is 274 g/mol. The molecule has 1 atom stereocenters. The van der Waals surface area contributed by atoms with Crippen LogP contribution in [0.4, 0.5) is 21.0 Å². The van der Waals surface area contributed by atoms with E-state index in [-0.39, 0.29) is 11.4 Å². The Balaban J connectivity index is 3.44. The fraction of sp³-hybridized carbons (Fsp3) is 1.00. The third-order valence-electron chi connectivity index (χ3n) is 0.883. The van der Waals surface area contributed by atoms with Crippen molar-refractivity contribution < 1.29 is 21.0 Å². The van der Waals surface area contributed by atoms with Crippen LogP contribution in [0.15, 0.2) is 13.5 Å². The van der Waals surface area contributed by atoms with Crippen LogP contribution in [0.5, 0.6) is 0 Å². The summed E-state index contributed by atoms with van der Waals surface area (Å²) >= 11 is 0.199. The van der Waals surface area contributed by atoms with Crippen molar-refractivity contribution in [2.45, 2.75) is 0 Å². The molecule has 1 heterocycles. The molecule has 0 amide bonds. The molecule has 0 fully saturated rings. The van der Waals surface area contributed by atoms with Gasteiger partial charge in [0.25, 0.3) is 0 Å². The Bertz CT molecular complexity index is 369. The van der Waals surface area contributed by atoms with Crippen LogP contribution in [-0.2, 0) is 0 Å². The van der Waals surface area contributed by atoms with Crippen LogP contribution >= 0.6 is 33.8 Å². The molecule has 0 aromatic carbocycles. The van der Waals surface area contributed by atoms with E-state index in [0.717, 1.165) is 6.26 Å². The van der Waals surface area contributed by atoms with Gasteiger partial charge < -0.3 is 0 Å². The first-order valence-corrected chi connectivity index (χ1v) is 9.00. The summed E-state index contributed by atoms with van der Waals surface area (Å²) in [6, 6.07) is 0. The van der Waals surface area contributed by atoms with Crippen LogP contribution in [0, 0.1) is 0 Å². The van der Waals surface area contributed by atoms with Crippen LogP contribution in [0.2, 0.25) is 0 Å². The van der Waals surface area contributed by atoms with E-state index < -0.39 is 22.4 Å². The van der Waals surface area contributed by atoms with Crippen LogP contribution in [0.25, 0.3) is 0 Å². The van der Waals surface area contributed by atoms with Gasteiger partial charge >= 0.3 is 22.4 Å². The molecule has 0 N–H and O–H groups in total. The predicted octanol–water partition coefficient (Wildman–Crippen LogP) is 6.05. The lowest BCUT2D eigenvalue weighted by molar-refractivity contribution is 0.698. The van der Waals surface area contributed by atoms with E-state index in [1.54, 1.807) is 0 Å². The van der Waals surface area contributed by atoms with Crippen molar-refractivity contribution in [3.63, 3.8) is 0 Å². The van der Waals surface area contributed by atoms with Gasteiger partial charge in [-0.05, 0) is 6.26 Å².